The van der Waals surface area contributed by atoms with E-state index in [4.69, 9.17) is 4.74 Å². The van der Waals surface area contributed by atoms with E-state index in [0.29, 0.717) is 18.4 Å². The van der Waals surface area contributed by atoms with Crippen LogP contribution in [0.1, 0.15) is 65.0 Å². The van der Waals surface area contributed by atoms with Crippen LogP contribution in [0.3, 0.4) is 0 Å². The summed E-state index contributed by atoms with van der Waals surface area (Å²) >= 11 is 0. The number of carbonyl (C=O) groups is 1. The first kappa shape index (κ1) is 17.7. The van der Waals surface area contributed by atoms with Crippen molar-refractivity contribution in [1.29, 1.82) is 0 Å². The van der Waals surface area contributed by atoms with Crippen molar-refractivity contribution < 1.29 is 9.53 Å². The van der Waals surface area contributed by atoms with Gasteiger partial charge in [-0.05, 0) is 58.2 Å². The molecule has 23 heavy (non-hydrogen) atoms. The van der Waals surface area contributed by atoms with Gasteiger partial charge in [-0.25, -0.2) is 9.78 Å². The molecule has 2 rings (SSSR count). The van der Waals surface area contributed by atoms with Crippen LogP contribution in [-0.4, -0.2) is 29.8 Å². The van der Waals surface area contributed by atoms with E-state index in [1.54, 1.807) is 4.90 Å². The molecule has 1 saturated heterocycles. The third kappa shape index (κ3) is 5.20. The summed E-state index contributed by atoms with van der Waals surface area (Å²) in [6.45, 7) is 9.43. The maximum Gasteiger partial charge on any atom is 0.416 e. The third-order valence-electron chi connectivity index (χ3n) is 3.86. The van der Waals surface area contributed by atoms with Crippen molar-refractivity contribution in [2.24, 2.45) is 0 Å². The molecule has 0 aliphatic carbocycles. The second-order valence-electron chi connectivity index (χ2n) is 7.08. The molecule has 0 saturated carbocycles. The molecule has 0 bridgehead atoms. The monoisotopic (exact) mass is 319 g/mol. The number of anilines is 1. The Morgan fingerprint density at radius 1 is 1.43 bits per heavy atom. The number of ether oxygens (including phenoxy) is 1. The van der Waals surface area contributed by atoms with Crippen molar-refractivity contribution in [2.75, 3.05) is 18.0 Å². The zero-order valence-corrected chi connectivity index (χ0v) is 14.8. The molecule has 1 aliphatic heterocycles. The van der Waals surface area contributed by atoms with Crippen LogP contribution < -0.4 is 10.2 Å². The van der Waals surface area contributed by atoms with Crippen LogP contribution in [0.25, 0.3) is 0 Å². The maximum atomic E-state index is 12.5. The Balaban J connectivity index is 2.12. The molecular weight excluding hydrogens is 290 g/mol. The highest BCUT2D eigenvalue weighted by atomic mass is 16.6. The van der Waals surface area contributed by atoms with Crippen LogP contribution in [0.5, 0.6) is 0 Å². The van der Waals surface area contributed by atoms with Crippen molar-refractivity contribution in [2.45, 2.75) is 65.0 Å². The Labute approximate surface area is 139 Å². The molecule has 1 atom stereocenters. The molecule has 1 unspecified atom stereocenters. The molecule has 1 amide bonds. The van der Waals surface area contributed by atoms with Crippen LogP contribution in [0.15, 0.2) is 18.3 Å². The smallest absolute Gasteiger partial charge is 0.416 e. The summed E-state index contributed by atoms with van der Waals surface area (Å²) in [5, 5.41) is 3.46. The normalized spacial score (nSPS) is 18.0. The average Bonchev–Trinajstić information content (AvgIpc) is 3.00. The topological polar surface area (TPSA) is 54.5 Å². The average molecular weight is 319 g/mol. The fraction of sp³-hybridized carbons (Fsp3) is 0.667. The molecule has 1 N–H and O–H groups in total. The lowest BCUT2D eigenvalue weighted by molar-refractivity contribution is 0.0578. The molecule has 0 spiro atoms. The van der Waals surface area contributed by atoms with Gasteiger partial charge in [0.15, 0.2) is 0 Å². The van der Waals surface area contributed by atoms with Gasteiger partial charge in [-0.3, -0.25) is 4.90 Å². The predicted octanol–water partition coefficient (Wildman–Crippen LogP) is 4.05. The van der Waals surface area contributed by atoms with E-state index in [2.05, 4.69) is 23.3 Å². The Morgan fingerprint density at radius 3 is 2.74 bits per heavy atom. The number of aromatic nitrogens is 1. The minimum Gasteiger partial charge on any atom is -0.443 e. The van der Waals surface area contributed by atoms with E-state index in [1.165, 1.54) is 12.0 Å². The third-order valence-corrected chi connectivity index (χ3v) is 3.86. The maximum absolute atomic E-state index is 12.5. The van der Waals surface area contributed by atoms with Crippen LogP contribution in [-0.2, 0) is 4.74 Å². The molecular formula is C18H29N3O2. The first-order valence-corrected chi connectivity index (χ1v) is 8.60. The number of rotatable bonds is 5. The molecule has 0 aromatic carbocycles. The zero-order chi connectivity index (χ0) is 16.9. The summed E-state index contributed by atoms with van der Waals surface area (Å²) in [4.78, 5) is 18.6. The fourth-order valence-corrected chi connectivity index (χ4v) is 2.66. The van der Waals surface area contributed by atoms with E-state index >= 15 is 0 Å². The summed E-state index contributed by atoms with van der Waals surface area (Å²) < 4.78 is 5.52. The van der Waals surface area contributed by atoms with Gasteiger partial charge in [-0.2, -0.15) is 0 Å². The van der Waals surface area contributed by atoms with Crippen LogP contribution in [0, 0.1) is 0 Å². The molecule has 1 fully saturated rings. The lowest BCUT2D eigenvalue weighted by atomic mass is 10.1. The molecule has 5 nitrogen and oxygen atoms in total. The molecule has 0 radical (unpaired) electrons. The highest BCUT2D eigenvalue weighted by Crippen LogP contribution is 2.24. The number of pyridine rings is 1. The minimum absolute atomic E-state index is 0.329. The Bertz CT molecular complexity index is 502. The van der Waals surface area contributed by atoms with Gasteiger partial charge in [0.05, 0.1) is 0 Å². The number of amides is 1. The Kier molecular flexibility index (Phi) is 5.99. The number of nitrogens with zero attached hydrogens (tertiary/aromatic N) is 2. The Morgan fingerprint density at radius 2 is 2.22 bits per heavy atom. The largest absolute Gasteiger partial charge is 0.443 e. The van der Waals surface area contributed by atoms with Crippen molar-refractivity contribution in [3.63, 3.8) is 0 Å². The molecule has 128 valence electrons. The number of hydrogen-bond acceptors (Lipinski definition) is 4. The van der Waals surface area contributed by atoms with E-state index in [-0.39, 0.29) is 6.09 Å². The number of hydrogen-bond donors (Lipinski definition) is 1. The second kappa shape index (κ2) is 7.77. The summed E-state index contributed by atoms with van der Waals surface area (Å²) in [5.41, 5.74) is 0.681. The van der Waals surface area contributed by atoms with Gasteiger partial charge in [-0.15, -0.1) is 0 Å². The molecule has 5 heteroatoms. The highest BCUT2D eigenvalue weighted by molar-refractivity contribution is 5.86. The van der Waals surface area contributed by atoms with E-state index in [0.717, 1.165) is 25.8 Å². The Hall–Kier alpha value is -1.62. The summed E-state index contributed by atoms with van der Waals surface area (Å²) in [6.07, 6.45) is 5.84. The minimum atomic E-state index is -0.505. The predicted molar refractivity (Wildman–Crippen MR) is 92.7 cm³/mol. The zero-order valence-electron chi connectivity index (χ0n) is 14.8. The van der Waals surface area contributed by atoms with Gasteiger partial charge in [0, 0.05) is 18.8 Å². The van der Waals surface area contributed by atoms with Gasteiger partial charge in [-0.1, -0.05) is 19.4 Å². The number of unbranched alkanes of at least 4 members (excludes halogenated alkanes) is 1. The molecule has 1 aromatic heterocycles. The fourth-order valence-electron chi connectivity index (χ4n) is 2.66. The van der Waals surface area contributed by atoms with Crippen LogP contribution >= 0.6 is 0 Å². The standard InChI is InChI=1S/C18H29N3O2/c1-5-6-12-21(17(22)23-18(2,3)4)16-10-9-14(13-20-16)15-8-7-11-19-15/h9-10,13,15,19H,5-8,11-12H2,1-4H3. The van der Waals surface area contributed by atoms with Crippen molar-refractivity contribution in [3.8, 4) is 0 Å². The second-order valence-corrected chi connectivity index (χ2v) is 7.08. The van der Waals surface area contributed by atoms with Crippen molar-refractivity contribution in [1.82, 2.24) is 10.3 Å². The highest BCUT2D eigenvalue weighted by Gasteiger charge is 2.24. The number of carbonyl (C=O) groups excluding carboxylic acids is 1. The molecule has 1 aromatic rings. The van der Waals surface area contributed by atoms with Crippen LogP contribution in [0.4, 0.5) is 10.6 Å². The summed E-state index contributed by atoms with van der Waals surface area (Å²) in [5.74, 6) is 0.662. The van der Waals surface area contributed by atoms with E-state index in [1.807, 2.05) is 33.0 Å². The molecule has 2 heterocycles. The van der Waals surface area contributed by atoms with E-state index < -0.39 is 5.60 Å². The quantitative estimate of drug-likeness (QED) is 0.889. The first-order chi connectivity index (χ1) is 10.9. The molecule has 1 aliphatic rings. The van der Waals surface area contributed by atoms with Crippen molar-refractivity contribution >= 4 is 11.9 Å². The van der Waals surface area contributed by atoms with Crippen LogP contribution in [0.2, 0.25) is 0 Å². The van der Waals surface area contributed by atoms with Gasteiger partial charge in [0.25, 0.3) is 0 Å². The lowest BCUT2D eigenvalue weighted by Gasteiger charge is -2.27. The van der Waals surface area contributed by atoms with E-state index in [9.17, 15) is 4.79 Å². The SMILES string of the molecule is CCCCN(C(=O)OC(C)(C)C)c1ccc(C2CCCN2)cn1. The summed E-state index contributed by atoms with van der Waals surface area (Å²) in [6, 6.07) is 4.38. The number of nitrogens with one attached hydrogen (secondary N) is 1. The summed E-state index contributed by atoms with van der Waals surface area (Å²) in [7, 11) is 0. The van der Waals surface area contributed by atoms with Gasteiger partial charge in [0.2, 0.25) is 0 Å². The van der Waals surface area contributed by atoms with Gasteiger partial charge >= 0.3 is 6.09 Å². The first-order valence-electron chi connectivity index (χ1n) is 8.60. The lowest BCUT2D eigenvalue weighted by Crippen LogP contribution is -2.38. The van der Waals surface area contributed by atoms with Gasteiger partial charge in [0.1, 0.15) is 11.4 Å². The van der Waals surface area contributed by atoms with Crippen molar-refractivity contribution in [3.05, 3.63) is 23.9 Å². The van der Waals surface area contributed by atoms with Gasteiger partial charge < -0.3 is 10.1 Å².